The number of hydrazine groups is 1. The Labute approximate surface area is 170 Å². The molecule has 3 N–H and O–H groups in total. The van der Waals surface area contributed by atoms with Gasteiger partial charge in [-0.15, -0.1) is 0 Å². The fourth-order valence-corrected chi connectivity index (χ4v) is 2.29. The van der Waals surface area contributed by atoms with Crippen molar-refractivity contribution in [1.82, 2.24) is 10.9 Å². The quantitative estimate of drug-likeness (QED) is 0.468. The van der Waals surface area contributed by atoms with E-state index >= 15 is 0 Å². The molecular formula is C19H17ClFN3O5. The van der Waals surface area contributed by atoms with Crippen LogP contribution in [0.2, 0.25) is 5.02 Å². The first-order valence-corrected chi connectivity index (χ1v) is 8.77. The van der Waals surface area contributed by atoms with Gasteiger partial charge in [0, 0.05) is 12.1 Å². The SMILES string of the molecule is O=C(CCC(=O)OCC(=O)Nc1ccc(F)cc1)NNC(=O)c1ccccc1Cl. The molecule has 29 heavy (non-hydrogen) atoms. The molecule has 0 aliphatic heterocycles. The van der Waals surface area contributed by atoms with Gasteiger partial charge in [0.15, 0.2) is 6.61 Å². The van der Waals surface area contributed by atoms with Crippen LogP contribution >= 0.6 is 11.6 Å². The van der Waals surface area contributed by atoms with Gasteiger partial charge in [-0.1, -0.05) is 23.7 Å². The fraction of sp³-hybridized carbons (Fsp3) is 0.158. The highest BCUT2D eigenvalue weighted by atomic mass is 35.5. The molecule has 10 heteroatoms. The van der Waals surface area contributed by atoms with Crippen molar-refractivity contribution < 1.29 is 28.3 Å². The Morgan fingerprint density at radius 2 is 1.59 bits per heavy atom. The molecule has 3 amide bonds. The van der Waals surface area contributed by atoms with E-state index in [1.165, 1.54) is 36.4 Å². The van der Waals surface area contributed by atoms with Gasteiger partial charge in [0.1, 0.15) is 5.82 Å². The predicted octanol–water partition coefficient (Wildman–Crippen LogP) is 2.20. The molecule has 0 atom stereocenters. The zero-order valence-corrected chi connectivity index (χ0v) is 15.8. The van der Waals surface area contributed by atoms with Crippen LogP contribution in [0.1, 0.15) is 23.2 Å². The van der Waals surface area contributed by atoms with Gasteiger partial charge in [-0.2, -0.15) is 0 Å². The van der Waals surface area contributed by atoms with Crippen LogP contribution in [-0.4, -0.2) is 30.3 Å². The number of esters is 1. The van der Waals surface area contributed by atoms with Crippen molar-refractivity contribution >= 4 is 41.0 Å². The highest BCUT2D eigenvalue weighted by molar-refractivity contribution is 6.33. The maximum atomic E-state index is 12.8. The van der Waals surface area contributed by atoms with E-state index in [9.17, 15) is 23.6 Å². The van der Waals surface area contributed by atoms with E-state index in [0.717, 1.165) is 0 Å². The summed E-state index contributed by atoms with van der Waals surface area (Å²) in [5.74, 6) is -3.06. The number of carbonyl (C=O) groups excluding carboxylic acids is 4. The monoisotopic (exact) mass is 421 g/mol. The minimum atomic E-state index is -0.771. The van der Waals surface area contributed by atoms with Gasteiger partial charge in [0.25, 0.3) is 11.8 Å². The van der Waals surface area contributed by atoms with E-state index < -0.39 is 36.1 Å². The lowest BCUT2D eigenvalue weighted by molar-refractivity contribution is -0.148. The number of amides is 3. The Kier molecular flexibility index (Phi) is 8.11. The Bertz CT molecular complexity index is 905. The fourth-order valence-electron chi connectivity index (χ4n) is 2.07. The van der Waals surface area contributed by atoms with E-state index in [2.05, 4.69) is 16.2 Å². The molecule has 0 saturated carbocycles. The average molecular weight is 422 g/mol. The first kappa shape index (κ1) is 21.8. The summed E-state index contributed by atoms with van der Waals surface area (Å²) in [7, 11) is 0. The van der Waals surface area contributed by atoms with Crippen LogP contribution in [-0.2, 0) is 19.1 Å². The normalized spacial score (nSPS) is 10.0. The lowest BCUT2D eigenvalue weighted by Crippen LogP contribution is -2.41. The third kappa shape index (κ3) is 7.59. The number of rotatable bonds is 7. The van der Waals surface area contributed by atoms with Gasteiger partial charge in [-0.3, -0.25) is 30.0 Å². The molecule has 2 rings (SSSR count). The molecule has 0 saturated heterocycles. The maximum Gasteiger partial charge on any atom is 0.306 e. The Morgan fingerprint density at radius 1 is 0.897 bits per heavy atom. The molecule has 0 unspecified atom stereocenters. The summed E-state index contributed by atoms with van der Waals surface area (Å²) in [4.78, 5) is 46.9. The molecular weight excluding hydrogens is 405 g/mol. The molecule has 0 aliphatic rings. The van der Waals surface area contributed by atoms with Crippen LogP contribution in [0.15, 0.2) is 48.5 Å². The van der Waals surface area contributed by atoms with Crippen LogP contribution in [0.3, 0.4) is 0 Å². The summed E-state index contributed by atoms with van der Waals surface area (Å²) in [6, 6.07) is 11.3. The van der Waals surface area contributed by atoms with Crippen molar-refractivity contribution in [3.05, 3.63) is 64.9 Å². The largest absolute Gasteiger partial charge is 0.456 e. The van der Waals surface area contributed by atoms with Crippen molar-refractivity contribution in [3.8, 4) is 0 Å². The number of halogens is 2. The summed E-state index contributed by atoms with van der Waals surface area (Å²) in [5, 5.41) is 2.65. The number of hydrogen-bond acceptors (Lipinski definition) is 5. The minimum absolute atomic E-state index is 0.182. The Balaban J connectivity index is 1.64. The summed E-state index contributed by atoms with van der Waals surface area (Å²) >= 11 is 5.87. The summed E-state index contributed by atoms with van der Waals surface area (Å²) in [6.07, 6.45) is -0.557. The van der Waals surface area contributed by atoms with Crippen LogP contribution in [0, 0.1) is 5.82 Å². The zero-order chi connectivity index (χ0) is 21.2. The van der Waals surface area contributed by atoms with Gasteiger partial charge in [-0.25, -0.2) is 4.39 Å². The zero-order valence-electron chi connectivity index (χ0n) is 15.0. The highest BCUT2D eigenvalue weighted by Crippen LogP contribution is 2.14. The van der Waals surface area contributed by atoms with E-state index in [1.807, 2.05) is 0 Å². The van der Waals surface area contributed by atoms with Crippen molar-refractivity contribution in [1.29, 1.82) is 0 Å². The highest BCUT2D eigenvalue weighted by Gasteiger charge is 2.13. The maximum absolute atomic E-state index is 12.8. The number of benzene rings is 2. The lowest BCUT2D eigenvalue weighted by Gasteiger charge is -2.09. The summed E-state index contributed by atoms with van der Waals surface area (Å²) in [6.45, 7) is -0.554. The minimum Gasteiger partial charge on any atom is -0.456 e. The number of nitrogens with one attached hydrogen (secondary N) is 3. The molecule has 0 fully saturated rings. The van der Waals surface area contributed by atoms with Crippen molar-refractivity contribution in [2.75, 3.05) is 11.9 Å². The van der Waals surface area contributed by atoms with Crippen molar-refractivity contribution in [3.63, 3.8) is 0 Å². The summed E-state index contributed by atoms with van der Waals surface area (Å²) < 4.78 is 17.5. The van der Waals surface area contributed by atoms with Crippen LogP contribution < -0.4 is 16.2 Å². The summed E-state index contributed by atoms with van der Waals surface area (Å²) in [5.41, 5.74) is 4.86. The smallest absolute Gasteiger partial charge is 0.306 e. The molecule has 0 aromatic heterocycles. The van der Waals surface area contributed by atoms with E-state index in [4.69, 9.17) is 16.3 Å². The van der Waals surface area contributed by atoms with Gasteiger partial charge >= 0.3 is 5.97 Å². The molecule has 0 bridgehead atoms. The van der Waals surface area contributed by atoms with Crippen LogP contribution in [0.25, 0.3) is 0 Å². The van der Waals surface area contributed by atoms with E-state index in [1.54, 1.807) is 12.1 Å². The van der Waals surface area contributed by atoms with Crippen LogP contribution in [0.5, 0.6) is 0 Å². The number of anilines is 1. The standard InChI is InChI=1S/C19H17ClFN3O5/c20-15-4-2-1-3-14(15)19(28)24-23-16(25)9-10-18(27)29-11-17(26)22-13-7-5-12(21)6-8-13/h1-8H,9-11H2,(H,22,26)(H,23,25)(H,24,28). The second-order valence-electron chi connectivity index (χ2n) is 5.70. The molecule has 8 nitrogen and oxygen atoms in total. The lowest BCUT2D eigenvalue weighted by atomic mass is 10.2. The Morgan fingerprint density at radius 3 is 2.28 bits per heavy atom. The predicted molar refractivity (Wildman–Crippen MR) is 102 cm³/mol. The molecule has 0 spiro atoms. The van der Waals surface area contributed by atoms with E-state index in [0.29, 0.717) is 5.69 Å². The number of hydrogen-bond donors (Lipinski definition) is 3. The third-order valence-electron chi connectivity index (χ3n) is 3.48. The number of ether oxygens (including phenoxy) is 1. The molecule has 0 heterocycles. The molecule has 0 aliphatic carbocycles. The first-order valence-electron chi connectivity index (χ1n) is 8.40. The van der Waals surface area contributed by atoms with Gasteiger partial charge < -0.3 is 10.1 Å². The Hall–Kier alpha value is -3.46. The number of carbonyl (C=O) groups is 4. The van der Waals surface area contributed by atoms with Crippen molar-refractivity contribution in [2.24, 2.45) is 0 Å². The molecule has 2 aromatic rings. The van der Waals surface area contributed by atoms with Gasteiger partial charge in [0.05, 0.1) is 17.0 Å². The second kappa shape index (κ2) is 10.8. The van der Waals surface area contributed by atoms with Gasteiger partial charge in [0.2, 0.25) is 5.91 Å². The molecule has 152 valence electrons. The first-order chi connectivity index (χ1) is 13.8. The third-order valence-corrected chi connectivity index (χ3v) is 3.81. The van der Waals surface area contributed by atoms with Crippen molar-refractivity contribution in [2.45, 2.75) is 12.8 Å². The average Bonchev–Trinajstić information content (AvgIpc) is 2.71. The topological polar surface area (TPSA) is 114 Å². The molecule has 0 radical (unpaired) electrons. The second-order valence-corrected chi connectivity index (χ2v) is 6.11. The van der Waals surface area contributed by atoms with Crippen LogP contribution in [0.4, 0.5) is 10.1 Å². The molecule has 2 aromatic carbocycles. The van der Waals surface area contributed by atoms with Gasteiger partial charge in [-0.05, 0) is 36.4 Å². The van der Waals surface area contributed by atoms with E-state index in [-0.39, 0.29) is 23.4 Å².